The zero-order chi connectivity index (χ0) is 10.7. The number of fused-ring (bicyclic) bond motifs is 1. The van der Waals surface area contributed by atoms with E-state index in [0.29, 0.717) is 26.1 Å². The third-order valence-corrected chi connectivity index (χ3v) is 2.50. The molecule has 3 N–H and O–H groups in total. The first-order chi connectivity index (χ1) is 7.33. The number of hydrogen-bond donors (Lipinski definition) is 2. The summed E-state index contributed by atoms with van der Waals surface area (Å²) in [6.07, 6.45) is 0.522. The van der Waals surface area contributed by atoms with E-state index in [4.69, 9.17) is 5.73 Å². The molecule has 0 atom stereocenters. The van der Waals surface area contributed by atoms with Crippen LogP contribution in [0, 0.1) is 0 Å². The zero-order valence-electron chi connectivity index (χ0n) is 8.57. The van der Waals surface area contributed by atoms with Gasteiger partial charge in [-0.15, -0.1) is 0 Å². The van der Waals surface area contributed by atoms with Gasteiger partial charge >= 0.3 is 0 Å². The molecular formula is C11H15N3O. The van der Waals surface area contributed by atoms with Crippen LogP contribution >= 0.6 is 0 Å². The lowest BCUT2D eigenvalue weighted by atomic mass is 10.2. The molecule has 4 heteroatoms. The van der Waals surface area contributed by atoms with Crippen molar-refractivity contribution in [2.45, 2.75) is 6.42 Å². The first-order valence-electron chi connectivity index (χ1n) is 5.16. The number of rotatable bonds is 2. The first-order valence-corrected chi connectivity index (χ1v) is 5.16. The second kappa shape index (κ2) is 4.31. The monoisotopic (exact) mass is 205 g/mol. The largest absolute Gasteiger partial charge is 0.383 e. The summed E-state index contributed by atoms with van der Waals surface area (Å²) < 4.78 is 0. The number of benzene rings is 1. The van der Waals surface area contributed by atoms with Gasteiger partial charge in [0.15, 0.2) is 0 Å². The second-order valence-corrected chi connectivity index (χ2v) is 3.53. The standard InChI is InChI=1S/C11H15N3O/c12-6-8-14-10-4-2-1-3-9(10)13-7-5-11(14)15/h1-4,13H,5-8,12H2. The molecule has 0 saturated heterocycles. The highest BCUT2D eigenvalue weighted by Gasteiger charge is 2.20. The molecular weight excluding hydrogens is 190 g/mol. The second-order valence-electron chi connectivity index (χ2n) is 3.53. The van der Waals surface area contributed by atoms with Gasteiger partial charge in [-0.3, -0.25) is 4.79 Å². The van der Waals surface area contributed by atoms with Crippen molar-refractivity contribution in [3.8, 4) is 0 Å². The Kier molecular flexibility index (Phi) is 2.87. The number of nitrogens with one attached hydrogen (secondary N) is 1. The molecule has 0 radical (unpaired) electrons. The Bertz CT molecular complexity index is 365. The van der Waals surface area contributed by atoms with Gasteiger partial charge < -0.3 is 16.0 Å². The molecule has 1 heterocycles. The molecule has 0 spiro atoms. The van der Waals surface area contributed by atoms with E-state index in [1.165, 1.54) is 0 Å². The Labute approximate surface area is 89.1 Å². The Hall–Kier alpha value is -1.55. The lowest BCUT2D eigenvalue weighted by Crippen LogP contribution is -2.34. The van der Waals surface area contributed by atoms with E-state index in [0.717, 1.165) is 11.4 Å². The number of anilines is 2. The number of carbonyl (C=O) groups is 1. The summed E-state index contributed by atoms with van der Waals surface area (Å²) in [6, 6.07) is 7.82. The fourth-order valence-corrected chi connectivity index (χ4v) is 1.81. The molecule has 1 aliphatic heterocycles. The normalized spacial score (nSPS) is 15.5. The summed E-state index contributed by atoms with van der Waals surface area (Å²) in [4.78, 5) is 13.6. The van der Waals surface area contributed by atoms with Gasteiger partial charge in [0.1, 0.15) is 0 Å². The summed E-state index contributed by atoms with van der Waals surface area (Å²) in [7, 11) is 0. The van der Waals surface area contributed by atoms with Gasteiger partial charge in [0.25, 0.3) is 0 Å². The van der Waals surface area contributed by atoms with E-state index in [1.54, 1.807) is 4.90 Å². The quantitative estimate of drug-likeness (QED) is 0.750. The van der Waals surface area contributed by atoms with Crippen LogP contribution in [0.4, 0.5) is 11.4 Å². The molecule has 0 aliphatic carbocycles. The molecule has 0 fully saturated rings. The van der Waals surface area contributed by atoms with Crippen molar-refractivity contribution in [2.75, 3.05) is 29.9 Å². The van der Waals surface area contributed by atoms with Crippen LogP contribution in [-0.4, -0.2) is 25.5 Å². The Morgan fingerprint density at radius 2 is 2.20 bits per heavy atom. The summed E-state index contributed by atoms with van der Waals surface area (Å²) in [5.41, 5.74) is 7.46. The lowest BCUT2D eigenvalue weighted by Gasteiger charge is -2.21. The van der Waals surface area contributed by atoms with Crippen LogP contribution in [-0.2, 0) is 4.79 Å². The fourth-order valence-electron chi connectivity index (χ4n) is 1.81. The minimum absolute atomic E-state index is 0.137. The average Bonchev–Trinajstić information content (AvgIpc) is 2.40. The molecule has 1 aliphatic rings. The summed E-state index contributed by atoms with van der Waals surface area (Å²) in [5, 5.41) is 3.24. The topological polar surface area (TPSA) is 58.4 Å². The molecule has 1 aromatic rings. The lowest BCUT2D eigenvalue weighted by molar-refractivity contribution is -0.118. The maximum absolute atomic E-state index is 11.8. The van der Waals surface area contributed by atoms with Gasteiger partial charge in [0.2, 0.25) is 5.91 Å². The van der Waals surface area contributed by atoms with E-state index < -0.39 is 0 Å². The van der Waals surface area contributed by atoms with Crippen molar-refractivity contribution < 1.29 is 4.79 Å². The Morgan fingerprint density at radius 3 is 3.00 bits per heavy atom. The smallest absolute Gasteiger partial charge is 0.228 e. The van der Waals surface area contributed by atoms with E-state index in [1.807, 2.05) is 24.3 Å². The highest BCUT2D eigenvalue weighted by atomic mass is 16.2. The minimum atomic E-state index is 0.137. The zero-order valence-corrected chi connectivity index (χ0v) is 8.57. The van der Waals surface area contributed by atoms with Gasteiger partial charge in [-0.1, -0.05) is 12.1 Å². The van der Waals surface area contributed by atoms with Crippen LogP contribution in [0.3, 0.4) is 0 Å². The van der Waals surface area contributed by atoms with Crippen LogP contribution in [0.2, 0.25) is 0 Å². The summed E-state index contributed by atoms with van der Waals surface area (Å²) in [6.45, 7) is 1.76. The summed E-state index contributed by atoms with van der Waals surface area (Å²) in [5.74, 6) is 0.137. The molecule has 0 saturated carbocycles. The van der Waals surface area contributed by atoms with Crippen molar-refractivity contribution >= 4 is 17.3 Å². The van der Waals surface area contributed by atoms with E-state index in [2.05, 4.69) is 5.32 Å². The van der Waals surface area contributed by atoms with Crippen LogP contribution in [0.1, 0.15) is 6.42 Å². The van der Waals surface area contributed by atoms with Gasteiger partial charge in [-0.2, -0.15) is 0 Å². The number of nitrogens with zero attached hydrogens (tertiary/aromatic N) is 1. The average molecular weight is 205 g/mol. The maximum Gasteiger partial charge on any atom is 0.228 e. The highest BCUT2D eigenvalue weighted by molar-refractivity contribution is 5.98. The van der Waals surface area contributed by atoms with Gasteiger partial charge in [0, 0.05) is 26.1 Å². The maximum atomic E-state index is 11.8. The van der Waals surface area contributed by atoms with Gasteiger partial charge in [0.05, 0.1) is 11.4 Å². The molecule has 15 heavy (non-hydrogen) atoms. The molecule has 80 valence electrons. The number of para-hydroxylation sites is 2. The highest BCUT2D eigenvalue weighted by Crippen LogP contribution is 2.27. The van der Waals surface area contributed by atoms with E-state index in [9.17, 15) is 4.79 Å². The Balaban J connectivity index is 2.38. The SMILES string of the molecule is NCCN1C(=O)CCNc2ccccc21. The van der Waals surface area contributed by atoms with Gasteiger partial charge in [-0.05, 0) is 12.1 Å². The molecule has 2 rings (SSSR count). The number of hydrogen-bond acceptors (Lipinski definition) is 3. The minimum Gasteiger partial charge on any atom is -0.383 e. The molecule has 4 nitrogen and oxygen atoms in total. The van der Waals surface area contributed by atoms with Gasteiger partial charge in [-0.25, -0.2) is 0 Å². The molecule has 1 amide bonds. The third-order valence-electron chi connectivity index (χ3n) is 2.50. The third kappa shape index (κ3) is 1.94. The van der Waals surface area contributed by atoms with Crippen molar-refractivity contribution in [1.29, 1.82) is 0 Å². The van der Waals surface area contributed by atoms with Crippen LogP contribution in [0.25, 0.3) is 0 Å². The van der Waals surface area contributed by atoms with Crippen molar-refractivity contribution in [3.63, 3.8) is 0 Å². The van der Waals surface area contributed by atoms with Crippen LogP contribution < -0.4 is 16.0 Å². The molecule has 0 unspecified atom stereocenters. The Morgan fingerprint density at radius 1 is 1.40 bits per heavy atom. The molecule has 0 bridgehead atoms. The predicted octanol–water partition coefficient (Wildman–Crippen LogP) is 0.794. The van der Waals surface area contributed by atoms with Crippen LogP contribution in [0.5, 0.6) is 0 Å². The predicted molar refractivity (Wildman–Crippen MR) is 61.0 cm³/mol. The fraction of sp³-hybridized carbons (Fsp3) is 0.364. The van der Waals surface area contributed by atoms with E-state index in [-0.39, 0.29) is 5.91 Å². The number of amides is 1. The van der Waals surface area contributed by atoms with Crippen LogP contribution in [0.15, 0.2) is 24.3 Å². The molecule has 1 aromatic carbocycles. The number of carbonyl (C=O) groups excluding carboxylic acids is 1. The van der Waals surface area contributed by atoms with E-state index >= 15 is 0 Å². The molecule has 0 aromatic heterocycles. The summed E-state index contributed by atoms with van der Waals surface area (Å²) >= 11 is 0. The van der Waals surface area contributed by atoms with Crippen molar-refractivity contribution in [1.82, 2.24) is 0 Å². The number of nitrogens with two attached hydrogens (primary N) is 1. The van der Waals surface area contributed by atoms with Crippen molar-refractivity contribution in [3.05, 3.63) is 24.3 Å². The van der Waals surface area contributed by atoms with Crippen molar-refractivity contribution in [2.24, 2.45) is 5.73 Å². The first kappa shape index (κ1) is 9.98.